The van der Waals surface area contributed by atoms with E-state index in [-0.39, 0.29) is 11.4 Å². The molecule has 0 saturated carbocycles. The van der Waals surface area contributed by atoms with Crippen LogP contribution in [0.2, 0.25) is 0 Å². The molecule has 0 fully saturated rings. The van der Waals surface area contributed by atoms with E-state index in [1.54, 1.807) is 12.1 Å². The molecule has 0 saturated heterocycles. The monoisotopic (exact) mass is 287 g/mol. The fourth-order valence-corrected chi connectivity index (χ4v) is 1.59. The zero-order chi connectivity index (χ0) is 15.2. The molecule has 108 valence electrons. The second-order valence-corrected chi connectivity index (χ2v) is 4.09. The Kier molecular flexibility index (Phi) is 4.39. The SMILES string of the molecule is CCNc1ccc(C(=O)Nc2ccc([N+](=O)[O-])cc2)nn1. The van der Waals surface area contributed by atoms with Crippen LogP contribution < -0.4 is 10.6 Å². The lowest BCUT2D eigenvalue weighted by Crippen LogP contribution is -2.14. The van der Waals surface area contributed by atoms with Gasteiger partial charge in [0.15, 0.2) is 5.69 Å². The maximum Gasteiger partial charge on any atom is 0.276 e. The van der Waals surface area contributed by atoms with Gasteiger partial charge in [-0.05, 0) is 31.2 Å². The number of carbonyl (C=O) groups excluding carboxylic acids is 1. The fourth-order valence-electron chi connectivity index (χ4n) is 1.59. The number of non-ortho nitro benzene ring substituents is 1. The number of aromatic nitrogens is 2. The Bertz CT molecular complexity index is 640. The zero-order valence-corrected chi connectivity index (χ0v) is 11.2. The summed E-state index contributed by atoms with van der Waals surface area (Å²) in [6, 6.07) is 8.74. The third-order valence-corrected chi connectivity index (χ3v) is 2.59. The quantitative estimate of drug-likeness (QED) is 0.643. The number of hydrogen-bond acceptors (Lipinski definition) is 6. The minimum absolute atomic E-state index is 0.0391. The van der Waals surface area contributed by atoms with Crippen molar-refractivity contribution in [3.8, 4) is 0 Å². The highest BCUT2D eigenvalue weighted by Crippen LogP contribution is 2.16. The van der Waals surface area contributed by atoms with Gasteiger partial charge in [0.25, 0.3) is 11.6 Å². The molecule has 2 aromatic rings. The van der Waals surface area contributed by atoms with Crippen molar-refractivity contribution in [2.45, 2.75) is 6.92 Å². The van der Waals surface area contributed by atoms with Gasteiger partial charge in [0.1, 0.15) is 5.82 Å². The maximum absolute atomic E-state index is 11.9. The fraction of sp³-hybridized carbons (Fsp3) is 0.154. The Morgan fingerprint density at radius 2 is 1.90 bits per heavy atom. The van der Waals surface area contributed by atoms with Crippen LogP contribution in [0.3, 0.4) is 0 Å². The van der Waals surface area contributed by atoms with Crippen molar-refractivity contribution in [3.63, 3.8) is 0 Å². The van der Waals surface area contributed by atoms with Gasteiger partial charge in [-0.1, -0.05) is 0 Å². The average Bonchev–Trinajstić information content (AvgIpc) is 2.49. The predicted octanol–water partition coefficient (Wildman–Crippen LogP) is 2.07. The first-order valence-electron chi connectivity index (χ1n) is 6.23. The van der Waals surface area contributed by atoms with E-state index >= 15 is 0 Å². The van der Waals surface area contributed by atoms with E-state index < -0.39 is 10.8 Å². The van der Waals surface area contributed by atoms with Crippen molar-refractivity contribution in [2.75, 3.05) is 17.2 Å². The molecular formula is C13H13N5O3. The van der Waals surface area contributed by atoms with E-state index in [0.29, 0.717) is 18.1 Å². The molecule has 8 heteroatoms. The summed E-state index contributed by atoms with van der Waals surface area (Å²) in [6.45, 7) is 2.64. The number of carbonyl (C=O) groups is 1. The molecule has 0 atom stereocenters. The molecule has 0 aliphatic heterocycles. The molecule has 1 amide bonds. The molecule has 0 radical (unpaired) electrons. The molecule has 8 nitrogen and oxygen atoms in total. The Labute approximate surface area is 120 Å². The predicted molar refractivity (Wildman–Crippen MR) is 77.2 cm³/mol. The molecule has 1 aromatic carbocycles. The molecule has 1 aromatic heterocycles. The summed E-state index contributed by atoms with van der Waals surface area (Å²) < 4.78 is 0. The van der Waals surface area contributed by atoms with Crippen LogP contribution in [0.15, 0.2) is 36.4 Å². The molecule has 0 aliphatic carbocycles. The highest BCUT2D eigenvalue weighted by atomic mass is 16.6. The lowest BCUT2D eigenvalue weighted by atomic mass is 10.2. The zero-order valence-electron chi connectivity index (χ0n) is 11.2. The Morgan fingerprint density at radius 1 is 1.19 bits per heavy atom. The first-order chi connectivity index (χ1) is 10.1. The van der Waals surface area contributed by atoms with Crippen molar-refractivity contribution in [2.24, 2.45) is 0 Å². The first-order valence-corrected chi connectivity index (χ1v) is 6.23. The van der Waals surface area contributed by atoms with Crippen LogP contribution in [0.1, 0.15) is 17.4 Å². The van der Waals surface area contributed by atoms with Gasteiger partial charge in [0.05, 0.1) is 4.92 Å². The molecular weight excluding hydrogens is 274 g/mol. The summed E-state index contributed by atoms with van der Waals surface area (Å²) in [6.07, 6.45) is 0. The number of nitrogens with one attached hydrogen (secondary N) is 2. The number of benzene rings is 1. The third kappa shape index (κ3) is 3.72. The van der Waals surface area contributed by atoms with E-state index in [2.05, 4.69) is 20.8 Å². The summed E-state index contributed by atoms with van der Waals surface area (Å²) in [4.78, 5) is 22.0. The summed E-state index contributed by atoms with van der Waals surface area (Å²) >= 11 is 0. The maximum atomic E-state index is 11.9. The topological polar surface area (TPSA) is 110 Å². The van der Waals surface area contributed by atoms with Gasteiger partial charge in [0.2, 0.25) is 0 Å². The van der Waals surface area contributed by atoms with Gasteiger partial charge < -0.3 is 10.6 Å². The smallest absolute Gasteiger partial charge is 0.276 e. The van der Waals surface area contributed by atoms with E-state index in [1.165, 1.54) is 24.3 Å². The first kappa shape index (κ1) is 14.4. The van der Waals surface area contributed by atoms with Gasteiger partial charge >= 0.3 is 0 Å². The number of nitro benzene ring substituents is 1. The molecule has 0 spiro atoms. The summed E-state index contributed by atoms with van der Waals surface area (Å²) in [5.41, 5.74) is 0.570. The molecule has 0 bridgehead atoms. The van der Waals surface area contributed by atoms with Crippen molar-refractivity contribution >= 4 is 23.1 Å². The minimum atomic E-state index is -0.503. The van der Waals surface area contributed by atoms with Crippen molar-refractivity contribution in [1.82, 2.24) is 10.2 Å². The van der Waals surface area contributed by atoms with Gasteiger partial charge in [0, 0.05) is 24.4 Å². The van der Waals surface area contributed by atoms with Gasteiger partial charge in [-0.15, -0.1) is 10.2 Å². The van der Waals surface area contributed by atoms with Crippen LogP contribution in [0.5, 0.6) is 0 Å². The van der Waals surface area contributed by atoms with E-state index in [1.807, 2.05) is 6.92 Å². The summed E-state index contributed by atoms with van der Waals surface area (Å²) in [5.74, 6) is 0.156. The average molecular weight is 287 g/mol. The van der Waals surface area contributed by atoms with Gasteiger partial charge in [-0.25, -0.2) is 0 Å². The van der Waals surface area contributed by atoms with Crippen LogP contribution >= 0.6 is 0 Å². The van der Waals surface area contributed by atoms with Crippen LogP contribution in [0.25, 0.3) is 0 Å². The van der Waals surface area contributed by atoms with Crippen LogP contribution in [-0.2, 0) is 0 Å². The van der Waals surface area contributed by atoms with Crippen molar-refractivity contribution < 1.29 is 9.72 Å². The lowest BCUT2D eigenvalue weighted by Gasteiger charge is -2.05. The number of anilines is 2. The number of nitrogens with zero attached hydrogens (tertiary/aromatic N) is 3. The van der Waals surface area contributed by atoms with Crippen LogP contribution in [0, 0.1) is 10.1 Å². The number of nitro groups is 1. The van der Waals surface area contributed by atoms with E-state index in [4.69, 9.17) is 0 Å². The standard InChI is InChI=1S/C13H13N5O3/c1-2-14-12-8-7-11(16-17-12)13(19)15-9-3-5-10(6-4-9)18(20)21/h3-8H,2H2,1H3,(H,14,17)(H,15,19). The molecule has 0 unspecified atom stereocenters. The van der Waals surface area contributed by atoms with Gasteiger partial charge in [-0.2, -0.15) is 0 Å². The third-order valence-electron chi connectivity index (χ3n) is 2.59. The Balaban J connectivity index is 2.05. The molecule has 2 N–H and O–H groups in total. The van der Waals surface area contributed by atoms with Crippen LogP contribution in [0.4, 0.5) is 17.2 Å². The molecule has 0 aliphatic rings. The van der Waals surface area contributed by atoms with Gasteiger partial charge in [-0.3, -0.25) is 14.9 Å². The van der Waals surface area contributed by atoms with Crippen molar-refractivity contribution in [3.05, 3.63) is 52.2 Å². The number of hydrogen-bond donors (Lipinski definition) is 2. The Morgan fingerprint density at radius 3 is 2.43 bits per heavy atom. The normalized spacial score (nSPS) is 9.95. The molecule has 1 heterocycles. The van der Waals surface area contributed by atoms with E-state index in [0.717, 1.165) is 0 Å². The van der Waals surface area contributed by atoms with Crippen LogP contribution in [-0.4, -0.2) is 27.6 Å². The highest BCUT2D eigenvalue weighted by Gasteiger charge is 2.10. The second kappa shape index (κ2) is 6.42. The molecule has 2 rings (SSSR count). The van der Waals surface area contributed by atoms with E-state index in [9.17, 15) is 14.9 Å². The largest absolute Gasteiger partial charge is 0.369 e. The Hall–Kier alpha value is -3.03. The molecule has 21 heavy (non-hydrogen) atoms. The van der Waals surface area contributed by atoms with Crippen molar-refractivity contribution in [1.29, 1.82) is 0 Å². The summed E-state index contributed by atoms with van der Waals surface area (Å²) in [7, 11) is 0. The number of rotatable bonds is 5. The lowest BCUT2D eigenvalue weighted by molar-refractivity contribution is -0.384. The second-order valence-electron chi connectivity index (χ2n) is 4.09. The highest BCUT2D eigenvalue weighted by molar-refractivity contribution is 6.02. The summed E-state index contributed by atoms with van der Waals surface area (Å²) in [5, 5.41) is 23.8. The minimum Gasteiger partial charge on any atom is -0.369 e. The number of amides is 1.